The van der Waals surface area contributed by atoms with Gasteiger partial charge in [0.15, 0.2) is 0 Å². The second kappa shape index (κ2) is 5.51. The van der Waals surface area contributed by atoms with Crippen LogP contribution in [0.1, 0.15) is 66.1 Å². The molecule has 4 heteroatoms. The first-order valence-corrected chi connectivity index (χ1v) is 7.75. The van der Waals surface area contributed by atoms with Crippen molar-refractivity contribution in [2.24, 2.45) is 5.41 Å². The molecule has 1 aliphatic rings. The van der Waals surface area contributed by atoms with E-state index in [9.17, 15) is 0 Å². The Morgan fingerprint density at radius 3 is 2.35 bits per heavy atom. The standard InChI is InChI=1S/C16H25ClN2O/c1-15(2,3)14-18-12(17)10-13(19-14)20-11-6-8-16(4,5)9-7-11/h10-11H,6-9H2,1-5H3. The molecule has 0 radical (unpaired) electrons. The summed E-state index contributed by atoms with van der Waals surface area (Å²) in [6.07, 6.45) is 4.81. The molecule has 1 aliphatic carbocycles. The van der Waals surface area contributed by atoms with Gasteiger partial charge in [0.1, 0.15) is 17.1 Å². The summed E-state index contributed by atoms with van der Waals surface area (Å²) < 4.78 is 6.03. The lowest BCUT2D eigenvalue weighted by molar-refractivity contribution is 0.0943. The summed E-state index contributed by atoms with van der Waals surface area (Å²) in [7, 11) is 0. The molecule has 0 unspecified atom stereocenters. The van der Waals surface area contributed by atoms with Crippen LogP contribution in [0.15, 0.2) is 6.07 Å². The normalized spacial score (nSPS) is 19.9. The summed E-state index contributed by atoms with van der Waals surface area (Å²) in [6, 6.07) is 1.72. The van der Waals surface area contributed by atoms with Crippen molar-refractivity contribution in [2.75, 3.05) is 0 Å². The van der Waals surface area contributed by atoms with E-state index in [2.05, 4.69) is 44.6 Å². The fraction of sp³-hybridized carbons (Fsp3) is 0.750. The van der Waals surface area contributed by atoms with Crippen molar-refractivity contribution in [3.05, 3.63) is 17.0 Å². The lowest BCUT2D eigenvalue weighted by atomic mass is 9.76. The van der Waals surface area contributed by atoms with Crippen molar-refractivity contribution in [1.82, 2.24) is 9.97 Å². The zero-order valence-electron chi connectivity index (χ0n) is 13.2. The third kappa shape index (κ3) is 4.08. The molecule has 1 fully saturated rings. The van der Waals surface area contributed by atoms with Gasteiger partial charge in [0.2, 0.25) is 5.88 Å². The maximum atomic E-state index is 6.09. The summed E-state index contributed by atoms with van der Waals surface area (Å²) in [4.78, 5) is 8.81. The topological polar surface area (TPSA) is 35.0 Å². The quantitative estimate of drug-likeness (QED) is 0.737. The number of ether oxygens (including phenoxy) is 1. The fourth-order valence-corrected chi connectivity index (χ4v) is 2.63. The minimum atomic E-state index is -0.127. The summed E-state index contributed by atoms with van der Waals surface area (Å²) in [5.41, 5.74) is 0.317. The maximum absolute atomic E-state index is 6.09. The van der Waals surface area contributed by atoms with Crippen LogP contribution in [0.4, 0.5) is 0 Å². The molecule has 0 amide bonds. The van der Waals surface area contributed by atoms with E-state index in [0.717, 1.165) is 18.7 Å². The number of hydrogen-bond donors (Lipinski definition) is 0. The van der Waals surface area contributed by atoms with Gasteiger partial charge >= 0.3 is 0 Å². The zero-order chi connectivity index (χ0) is 15.0. The summed E-state index contributed by atoms with van der Waals surface area (Å²) in [6.45, 7) is 10.9. The lowest BCUT2D eigenvalue weighted by Crippen LogP contribution is -2.29. The van der Waals surface area contributed by atoms with Gasteiger partial charge in [0.05, 0.1) is 0 Å². The van der Waals surface area contributed by atoms with Crippen LogP contribution in [0.3, 0.4) is 0 Å². The van der Waals surface area contributed by atoms with Gasteiger partial charge < -0.3 is 4.74 Å². The average Bonchev–Trinajstić information content (AvgIpc) is 2.30. The molecule has 1 heterocycles. The van der Waals surface area contributed by atoms with Gasteiger partial charge in [-0.2, -0.15) is 4.98 Å². The molecule has 0 N–H and O–H groups in total. The van der Waals surface area contributed by atoms with Crippen LogP contribution in [-0.4, -0.2) is 16.1 Å². The van der Waals surface area contributed by atoms with E-state index in [1.54, 1.807) is 6.07 Å². The molecular formula is C16H25ClN2O. The van der Waals surface area contributed by atoms with Crippen molar-refractivity contribution < 1.29 is 4.74 Å². The third-order valence-corrected chi connectivity index (χ3v) is 4.11. The Hall–Kier alpha value is -0.830. The van der Waals surface area contributed by atoms with Gasteiger partial charge in [0, 0.05) is 11.5 Å². The van der Waals surface area contributed by atoms with E-state index >= 15 is 0 Å². The van der Waals surface area contributed by atoms with Crippen LogP contribution in [-0.2, 0) is 5.41 Å². The van der Waals surface area contributed by atoms with E-state index in [1.165, 1.54) is 12.8 Å². The van der Waals surface area contributed by atoms with Crippen LogP contribution < -0.4 is 4.74 Å². The molecule has 0 bridgehead atoms. The molecule has 0 aliphatic heterocycles. The number of rotatable bonds is 2. The molecule has 1 saturated carbocycles. The molecule has 3 nitrogen and oxygen atoms in total. The van der Waals surface area contributed by atoms with Gasteiger partial charge in [-0.3, -0.25) is 0 Å². The number of halogens is 1. The van der Waals surface area contributed by atoms with E-state index in [1.807, 2.05) is 0 Å². The van der Waals surface area contributed by atoms with Gasteiger partial charge in [0.25, 0.3) is 0 Å². The molecular weight excluding hydrogens is 272 g/mol. The average molecular weight is 297 g/mol. The van der Waals surface area contributed by atoms with E-state index in [-0.39, 0.29) is 11.5 Å². The Morgan fingerprint density at radius 2 is 1.80 bits per heavy atom. The van der Waals surface area contributed by atoms with Crippen LogP contribution in [0, 0.1) is 5.41 Å². The predicted molar refractivity (Wildman–Crippen MR) is 82.4 cm³/mol. The molecule has 0 spiro atoms. The molecule has 1 aromatic heterocycles. The van der Waals surface area contributed by atoms with E-state index < -0.39 is 0 Å². The molecule has 112 valence electrons. The summed E-state index contributed by atoms with van der Waals surface area (Å²) >= 11 is 6.09. The SMILES string of the molecule is CC1(C)CCC(Oc2cc(Cl)nc(C(C)(C)C)n2)CC1. The Balaban J connectivity index is 2.09. The monoisotopic (exact) mass is 296 g/mol. The second-order valence-electron chi connectivity index (χ2n) is 7.58. The smallest absolute Gasteiger partial charge is 0.218 e. The Labute approximate surface area is 127 Å². The predicted octanol–water partition coefficient (Wildman–Crippen LogP) is 4.78. The first kappa shape index (κ1) is 15.6. The molecule has 2 rings (SSSR count). The first-order valence-electron chi connectivity index (χ1n) is 7.37. The van der Waals surface area contributed by atoms with Crippen molar-refractivity contribution in [1.29, 1.82) is 0 Å². The van der Waals surface area contributed by atoms with E-state index in [4.69, 9.17) is 16.3 Å². The minimum absolute atomic E-state index is 0.127. The largest absolute Gasteiger partial charge is 0.474 e. The van der Waals surface area contributed by atoms with Gasteiger partial charge in [-0.1, -0.05) is 46.2 Å². The molecule has 1 aromatic rings. The van der Waals surface area contributed by atoms with Gasteiger partial charge in [-0.25, -0.2) is 4.98 Å². The van der Waals surface area contributed by atoms with Crippen LogP contribution in [0.25, 0.3) is 0 Å². The molecule has 20 heavy (non-hydrogen) atoms. The lowest BCUT2D eigenvalue weighted by Gasteiger charge is -2.34. The highest BCUT2D eigenvalue weighted by Crippen LogP contribution is 2.36. The van der Waals surface area contributed by atoms with Crippen molar-refractivity contribution in [2.45, 2.75) is 71.8 Å². The van der Waals surface area contributed by atoms with Crippen molar-refractivity contribution in [3.63, 3.8) is 0 Å². The van der Waals surface area contributed by atoms with Crippen molar-refractivity contribution >= 4 is 11.6 Å². The molecule has 0 aromatic carbocycles. The van der Waals surface area contributed by atoms with E-state index in [0.29, 0.717) is 16.4 Å². The first-order chi connectivity index (χ1) is 9.16. The van der Waals surface area contributed by atoms with Gasteiger partial charge in [-0.15, -0.1) is 0 Å². The second-order valence-corrected chi connectivity index (χ2v) is 7.97. The Bertz CT molecular complexity index is 470. The minimum Gasteiger partial charge on any atom is -0.474 e. The Morgan fingerprint density at radius 1 is 1.20 bits per heavy atom. The Kier molecular flexibility index (Phi) is 4.29. The summed E-state index contributed by atoms with van der Waals surface area (Å²) in [5, 5.41) is 0.455. The molecule has 0 atom stereocenters. The molecule has 0 saturated heterocycles. The zero-order valence-corrected chi connectivity index (χ0v) is 13.9. The van der Waals surface area contributed by atoms with Crippen molar-refractivity contribution in [3.8, 4) is 5.88 Å². The van der Waals surface area contributed by atoms with Gasteiger partial charge in [-0.05, 0) is 31.1 Å². The summed E-state index contributed by atoms with van der Waals surface area (Å²) in [5.74, 6) is 1.34. The third-order valence-electron chi connectivity index (χ3n) is 3.92. The highest BCUT2D eigenvalue weighted by atomic mass is 35.5. The fourth-order valence-electron chi connectivity index (χ4n) is 2.45. The van der Waals surface area contributed by atoms with Crippen LogP contribution >= 0.6 is 11.6 Å². The van der Waals surface area contributed by atoms with Crippen LogP contribution in [0.5, 0.6) is 5.88 Å². The maximum Gasteiger partial charge on any atom is 0.218 e. The number of nitrogens with zero attached hydrogens (tertiary/aromatic N) is 2. The highest BCUT2D eigenvalue weighted by Gasteiger charge is 2.28. The highest BCUT2D eigenvalue weighted by molar-refractivity contribution is 6.29. The number of hydrogen-bond acceptors (Lipinski definition) is 3. The number of aromatic nitrogens is 2. The van der Waals surface area contributed by atoms with Crippen LogP contribution in [0.2, 0.25) is 5.15 Å².